The number of aromatic nitrogens is 2. The van der Waals surface area contributed by atoms with Crippen molar-refractivity contribution in [2.45, 2.75) is 6.10 Å². The number of halogens is 2. The number of aliphatic hydroxyl groups is 1. The predicted octanol–water partition coefficient (Wildman–Crippen LogP) is 3.04. The van der Waals surface area contributed by atoms with Crippen LogP contribution in [0.25, 0.3) is 0 Å². The molecule has 0 bridgehead atoms. The zero-order valence-corrected chi connectivity index (χ0v) is 11.9. The summed E-state index contributed by atoms with van der Waals surface area (Å²) in [6.07, 6.45) is 2.12. The second-order valence-electron chi connectivity index (χ2n) is 3.12. The van der Waals surface area contributed by atoms with E-state index < -0.39 is 6.10 Å². The topological polar surface area (TPSA) is 55.2 Å². The maximum atomic E-state index is 10.2. The molecule has 1 unspecified atom stereocenters. The molecule has 17 heavy (non-hydrogen) atoms. The summed E-state index contributed by atoms with van der Waals surface area (Å²) in [5.41, 5.74) is 0.375. The zero-order valence-electron chi connectivity index (χ0n) is 8.72. The van der Waals surface area contributed by atoms with Gasteiger partial charge in [0.1, 0.15) is 16.1 Å². The number of hydrogen-bond donors (Lipinski definition) is 1. The Morgan fingerprint density at radius 1 is 1.47 bits per heavy atom. The van der Waals surface area contributed by atoms with Crippen LogP contribution in [-0.4, -0.2) is 22.2 Å². The number of aliphatic hydroxyl groups excluding tert-OH is 1. The van der Waals surface area contributed by atoms with Crippen LogP contribution in [0.2, 0.25) is 4.34 Å². The third kappa shape index (κ3) is 2.60. The number of nitrogens with zero attached hydrogens (tertiary/aromatic N) is 2. The van der Waals surface area contributed by atoms with E-state index in [-0.39, 0.29) is 0 Å². The maximum absolute atomic E-state index is 10.2. The van der Waals surface area contributed by atoms with Gasteiger partial charge in [0.05, 0.1) is 7.11 Å². The Balaban J connectivity index is 2.39. The van der Waals surface area contributed by atoms with Gasteiger partial charge < -0.3 is 9.84 Å². The molecule has 0 aliphatic rings. The lowest BCUT2D eigenvalue weighted by Crippen LogP contribution is -2.04. The fourth-order valence-corrected chi connectivity index (χ4v) is 3.04. The van der Waals surface area contributed by atoms with Gasteiger partial charge in [-0.3, -0.25) is 4.98 Å². The van der Waals surface area contributed by atoms with Crippen molar-refractivity contribution in [1.82, 2.24) is 9.97 Å². The minimum Gasteiger partial charge on any atom is -0.480 e. The second-order valence-corrected chi connectivity index (χ2v) is 5.66. The molecule has 7 heteroatoms. The van der Waals surface area contributed by atoms with Crippen LogP contribution < -0.4 is 4.74 Å². The first kappa shape index (κ1) is 12.8. The standard InChI is InChI=1S/C10H8BrClN2O2S/c1-16-10-7(13-2-3-14-10)8(15)6-4-5(11)9(12)17-6/h2-4,8,15H,1H3. The van der Waals surface area contributed by atoms with Gasteiger partial charge in [-0.05, 0) is 22.0 Å². The predicted molar refractivity (Wildman–Crippen MR) is 69.7 cm³/mol. The van der Waals surface area contributed by atoms with Crippen molar-refractivity contribution in [1.29, 1.82) is 0 Å². The van der Waals surface area contributed by atoms with Gasteiger partial charge >= 0.3 is 0 Å². The number of methoxy groups -OCH3 is 1. The first-order valence-electron chi connectivity index (χ1n) is 4.61. The van der Waals surface area contributed by atoms with E-state index in [0.29, 0.717) is 20.8 Å². The highest BCUT2D eigenvalue weighted by Gasteiger charge is 2.20. The lowest BCUT2D eigenvalue weighted by atomic mass is 10.2. The van der Waals surface area contributed by atoms with Crippen LogP contribution in [-0.2, 0) is 0 Å². The average Bonchev–Trinajstić information content (AvgIpc) is 2.68. The zero-order chi connectivity index (χ0) is 12.4. The molecule has 0 saturated carbocycles. The van der Waals surface area contributed by atoms with Gasteiger partial charge in [-0.2, -0.15) is 0 Å². The van der Waals surface area contributed by atoms with Crippen molar-refractivity contribution >= 4 is 38.9 Å². The number of ether oxygens (including phenoxy) is 1. The normalized spacial score (nSPS) is 12.5. The molecule has 0 spiro atoms. The molecule has 0 radical (unpaired) electrons. The van der Waals surface area contributed by atoms with Gasteiger partial charge in [0.25, 0.3) is 0 Å². The average molecular weight is 336 g/mol. The maximum Gasteiger partial charge on any atom is 0.238 e. The van der Waals surface area contributed by atoms with Crippen LogP contribution in [0.1, 0.15) is 16.7 Å². The molecule has 4 nitrogen and oxygen atoms in total. The molecule has 2 heterocycles. The lowest BCUT2D eigenvalue weighted by Gasteiger charge is -2.10. The molecule has 90 valence electrons. The molecule has 0 aliphatic heterocycles. The van der Waals surface area contributed by atoms with Crippen LogP contribution >= 0.6 is 38.9 Å². The van der Waals surface area contributed by atoms with Gasteiger partial charge in [-0.1, -0.05) is 11.6 Å². The van der Waals surface area contributed by atoms with Crippen LogP contribution in [0.3, 0.4) is 0 Å². The van der Waals surface area contributed by atoms with Crippen molar-refractivity contribution in [3.63, 3.8) is 0 Å². The first-order chi connectivity index (χ1) is 8.13. The summed E-state index contributed by atoms with van der Waals surface area (Å²) in [5.74, 6) is 0.306. The molecule has 0 aliphatic carbocycles. The van der Waals surface area contributed by atoms with Crippen LogP contribution in [0.15, 0.2) is 22.9 Å². The molecule has 2 rings (SSSR count). The van der Waals surface area contributed by atoms with Crippen LogP contribution in [0.5, 0.6) is 5.88 Å². The van der Waals surface area contributed by atoms with E-state index in [1.54, 1.807) is 6.07 Å². The smallest absolute Gasteiger partial charge is 0.238 e. The Kier molecular flexibility index (Phi) is 3.98. The number of rotatable bonds is 3. The fourth-order valence-electron chi connectivity index (χ4n) is 1.31. The third-order valence-corrected chi connectivity index (χ3v) is 4.60. The Bertz CT molecular complexity index is 515. The Morgan fingerprint density at radius 3 is 2.76 bits per heavy atom. The van der Waals surface area contributed by atoms with Gasteiger partial charge in [-0.15, -0.1) is 11.3 Å². The quantitative estimate of drug-likeness (QED) is 0.936. The summed E-state index contributed by atoms with van der Waals surface area (Å²) in [6, 6.07) is 1.76. The minimum atomic E-state index is -0.896. The number of hydrogen-bond acceptors (Lipinski definition) is 5. The molecular weight excluding hydrogens is 328 g/mol. The molecular formula is C10H8BrClN2O2S. The molecule has 1 N–H and O–H groups in total. The largest absolute Gasteiger partial charge is 0.480 e. The minimum absolute atomic E-state index is 0.306. The highest BCUT2D eigenvalue weighted by Crippen LogP contribution is 2.38. The van der Waals surface area contributed by atoms with E-state index in [1.165, 1.54) is 30.8 Å². The highest BCUT2D eigenvalue weighted by molar-refractivity contribution is 9.10. The van der Waals surface area contributed by atoms with Crippen molar-refractivity contribution in [3.05, 3.63) is 37.8 Å². The van der Waals surface area contributed by atoms with E-state index in [0.717, 1.165) is 4.47 Å². The second kappa shape index (κ2) is 5.30. The summed E-state index contributed by atoms with van der Waals surface area (Å²) >= 11 is 10.5. The van der Waals surface area contributed by atoms with Crippen LogP contribution in [0.4, 0.5) is 0 Å². The highest BCUT2D eigenvalue weighted by atomic mass is 79.9. The van der Waals surface area contributed by atoms with Crippen molar-refractivity contribution in [2.75, 3.05) is 7.11 Å². The summed E-state index contributed by atoms with van der Waals surface area (Å²) in [4.78, 5) is 8.74. The molecule has 0 saturated heterocycles. The van der Waals surface area contributed by atoms with Crippen molar-refractivity contribution in [2.24, 2.45) is 0 Å². The molecule has 2 aromatic heterocycles. The molecule has 0 amide bonds. The molecule has 1 atom stereocenters. The fraction of sp³-hybridized carbons (Fsp3) is 0.200. The molecule has 0 fully saturated rings. The van der Waals surface area contributed by atoms with Crippen molar-refractivity contribution in [3.8, 4) is 5.88 Å². The summed E-state index contributed by atoms with van der Waals surface area (Å²) in [7, 11) is 1.48. The first-order valence-corrected chi connectivity index (χ1v) is 6.60. The molecule has 2 aromatic rings. The lowest BCUT2D eigenvalue weighted by molar-refractivity contribution is 0.211. The summed E-state index contributed by atoms with van der Waals surface area (Å²) in [5, 5.41) is 10.2. The van der Waals surface area contributed by atoms with E-state index in [2.05, 4.69) is 25.9 Å². The third-order valence-electron chi connectivity index (χ3n) is 2.08. The van der Waals surface area contributed by atoms with Gasteiger partial charge in [-0.25, -0.2) is 4.98 Å². The van der Waals surface area contributed by atoms with E-state index >= 15 is 0 Å². The van der Waals surface area contributed by atoms with E-state index in [9.17, 15) is 5.11 Å². The summed E-state index contributed by atoms with van der Waals surface area (Å²) < 4.78 is 6.39. The molecule has 0 aromatic carbocycles. The van der Waals surface area contributed by atoms with Crippen LogP contribution in [0, 0.1) is 0 Å². The van der Waals surface area contributed by atoms with Crippen molar-refractivity contribution < 1.29 is 9.84 Å². The summed E-state index contributed by atoms with van der Waals surface area (Å²) in [6.45, 7) is 0. The Labute approximate surface area is 115 Å². The monoisotopic (exact) mass is 334 g/mol. The Hall–Kier alpha value is -0.690. The van der Waals surface area contributed by atoms with Gasteiger partial charge in [0, 0.05) is 21.7 Å². The van der Waals surface area contributed by atoms with E-state index in [4.69, 9.17) is 16.3 Å². The Morgan fingerprint density at radius 2 is 2.18 bits per heavy atom. The SMILES string of the molecule is COc1nccnc1C(O)c1cc(Br)c(Cl)s1. The van der Waals surface area contributed by atoms with Gasteiger partial charge in [0.15, 0.2) is 0 Å². The van der Waals surface area contributed by atoms with E-state index in [1.807, 2.05) is 0 Å². The number of thiophene rings is 1. The van der Waals surface area contributed by atoms with Gasteiger partial charge in [0.2, 0.25) is 5.88 Å².